The van der Waals surface area contributed by atoms with Crippen molar-refractivity contribution in [2.24, 2.45) is 5.92 Å². The first-order valence-corrected chi connectivity index (χ1v) is 18.5. The molecule has 0 radical (unpaired) electrons. The number of carbonyl (C=O) groups is 5. The molecule has 0 aromatic heterocycles. The van der Waals surface area contributed by atoms with E-state index in [-0.39, 0.29) is 74.3 Å². The summed E-state index contributed by atoms with van der Waals surface area (Å²) in [6, 6.07) is 14.7. The fraction of sp³-hybridized carbons (Fsp3) is 0.564. The van der Waals surface area contributed by atoms with Gasteiger partial charge in [-0.3, -0.25) is 24.0 Å². The summed E-state index contributed by atoms with van der Waals surface area (Å²) in [7, 11) is 1.54. The summed E-state index contributed by atoms with van der Waals surface area (Å²) in [5.41, 5.74) is 1.08. The maximum atomic E-state index is 13.8. The van der Waals surface area contributed by atoms with Crippen molar-refractivity contribution in [3.63, 3.8) is 0 Å². The van der Waals surface area contributed by atoms with Gasteiger partial charge in [0.15, 0.2) is 0 Å². The number of nitrogens with zero attached hydrogens (tertiary/aromatic N) is 3. The number of para-hydroxylation sites is 1. The van der Waals surface area contributed by atoms with Crippen molar-refractivity contribution < 1.29 is 28.7 Å². The predicted molar refractivity (Wildman–Crippen MR) is 196 cm³/mol. The molecule has 1 saturated heterocycles. The van der Waals surface area contributed by atoms with Crippen LogP contribution in [0.1, 0.15) is 81.1 Å². The number of likely N-dealkylation sites (tertiary alicyclic amines) is 1. The van der Waals surface area contributed by atoms with E-state index in [1.54, 1.807) is 31.3 Å². The molecule has 0 saturated carbocycles. The molecule has 2 aromatic rings. The van der Waals surface area contributed by atoms with Gasteiger partial charge >= 0.3 is 0 Å². The topological polar surface area (TPSA) is 140 Å². The Morgan fingerprint density at radius 3 is 2.33 bits per heavy atom. The van der Waals surface area contributed by atoms with Crippen LogP contribution in [0, 0.1) is 5.92 Å². The fourth-order valence-electron chi connectivity index (χ4n) is 6.53. The maximum Gasteiger partial charge on any atom is 0.255 e. The minimum Gasteiger partial charge on any atom is -0.491 e. The zero-order chi connectivity index (χ0) is 36.6. The summed E-state index contributed by atoms with van der Waals surface area (Å²) in [5, 5.41) is 8.84. The van der Waals surface area contributed by atoms with Crippen LogP contribution in [0.5, 0.6) is 5.75 Å². The van der Waals surface area contributed by atoms with Gasteiger partial charge < -0.3 is 35.4 Å². The number of benzene rings is 2. The van der Waals surface area contributed by atoms with Crippen LogP contribution in [0.25, 0.3) is 0 Å². The molecule has 278 valence electrons. The first-order valence-electron chi connectivity index (χ1n) is 18.5. The van der Waals surface area contributed by atoms with Crippen LogP contribution < -0.4 is 20.7 Å². The van der Waals surface area contributed by atoms with Crippen LogP contribution in [0.15, 0.2) is 54.6 Å². The van der Waals surface area contributed by atoms with Crippen molar-refractivity contribution in [1.29, 1.82) is 0 Å². The third-order valence-corrected chi connectivity index (χ3v) is 9.31. The van der Waals surface area contributed by atoms with Crippen LogP contribution >= 0.6 is 0 Å². The Morgan fingerprint density at radius 1 is 0.902 bits per heavy atom. The van der Waals surface area contributed by atoms with Crippen molar-refractivity contribution >= 4 is 29.5 Å². The van der Waals surface area contributed by atoms with Crippen molar-refractivity contribution in [1.82, 2.24) is 30.7 Å². The first-order chi connectivity index (χ1) is 24.6. The van der Waals surface area contributed by atoms with Gasteiger partial charge in [0.2, 0.25) is 23.6 Å². The molecule has 2 atom stereocenters. The molecule has 12 heteroatoms. The largest absolute Gasteiger partial charge is 0.491 e. The number of fused-ring (bicyclic) bond motifs is 1. The Labute approximate surface area is 302 Å². The fourth-order valence-corrected chi connectivity index (χ4v) is 6.53. The van der Waals surface area contributed by atoms with E-state index in [2.05, 4.69) is 20.9 Å². The molecule has 2 aliphatic rings. The molecule has 0 unspecified atom stereocenters. The number of amides is 5. The summed E-state index contributed by atoms with van der Waals surface area (Å²) < 4.78 is 6.12. The third kappa shape index (κ3) is 13.3. The van der Waals surface area contributed by atoms with Crippen molar-refractivity contribution in [2.45, 2.75) is 83.8 Å². The smallest absolute Gasteiger partial charge is 0.255 e. The zero-order valence-electron chi connectivity index (χ0n) is 30.5. The van der Waals surface area contributed by atoms with E-state index >= 15 is 0 Å². The van der Waals surface area contributed by atoms with Gasteiger partial charge in [-0.15, -0.1) is 0 Å². The summed E-state index contributed by atoms with van der Waals surface area (Å²) in [5.74, 6) is -1.43. The van der Waals surface area contributed by atoms with Crippen LogP contribution in [0.3, 0.4) is 0 Å². The van der Waals surface area contributed by atoms with Gasteiger partial charge in [-0.05, 0) is 75.4 Å². The molecule has 1 fully saturated rings. The van der Waals surface area contributed by atoms with E-state index in [0.29, 0.717) is 18.7 Å². The lowest BCUT2D eigenvalue weighted by Crippen LogP contribution is -2.49. The Bertz CT molecular complexity index is 1440. The molecule has 2 aliphatic heterocycles. The second-order valence-electron chi connectivity index (χ2n) is 14.2. The summed E-state index contributed by atoms with van der Waals surface area (Å²) in [6.07, 6.45) is 6.21. The number of hydrogen-bond donors (Lipinski definition) is 3. The van der Waals surface area contributed by atoms with E-state index in [4.69, 9.17) is 4.74 Å². The second kappa shape index (κ2) is 20.4. The van der Waals surface area contributed by atoms with Crippen LogP contribution in [-0.2, 0) is 25.7 Å². The predicted octanol–water partition coefficient (Wildman–Crippen LogP) is 3.36. The Hall–Kier alpha value is -4.45. The lowest BCUT2D eigenvalue weighted by Gasteiger charge is -2.27. The number of nitrogens with one attached hydrogen (secondary N) is 3. The highest BCUT2D eigenvalue weighted by atomic mass is 16.5. The van der Waals surface area contributed by atoms with E-state index in [1.807, 2.05) is 44.2 Å². The van der Waals surface area contributed by atoms with E-state index in [1.165, 1.54) is 35.5 Å². The molecule has 5 amide bonds. The van der Waals surface area contributed by atoms with Gasteiger partial charge in [0.25, 0.3) is 5.91 Å². The van der Waals surface area contributed by atoms with E-state index in [0.717, 1.165) is 31.6 Å². The normalized spacial score (nSPS) is 20.7. The lowest BCUT2D eigenvalue weighted by molar-refractivity contribution is -0.142. The minimum atomic E-state index is -1.00. The molecule has 4 rings (SSSR count). The van der Waals surface area contributed by atoms with Gasteiger partial charge in [-0.1, -0.05) is 69.2 Å². The van der Waals surface area contributed by atoms with Gasteiger partial charge in [0.05, 0.1) is 18.2 Å². The number of ether oxygens (including phenoxy) is 1. The minimum absolute atomic E-state index is 0.0275. The zero-order valence-corrected chi connectivity index (χ0v) is 30.5. The summed E-state index contributed by atoms with van der Waals surface area (Å²) in [4.78, 5) is 72.9. The Kier molecular flexibility index (Phi) is 15.7. The maximum absolute atomic E-state index is 13.8. The van der Waals surface area contributed by atoms with E-state index < -0.39 is 17.9 Å². The van der Waals surface area contributed by atoms with E-state index in [9.17, 15) is 24.0 Å². The van der Waals surface area contributed by atoms with Crippen molar-refractivity contribution in [3.05, 3.63) is 65.7 Å². The average molecular weight is 705 g/mol. The van der Waals surface area contributed by atoms with Gasteiger partial charge in [-0.25, -0.2) is 0 Å². The molecule has 0 spiro atoms. The second-order valence-corrected chi connectivity index (χ2v) is 14.2. The molecule has 51 heavy (non-hydrogen) atoms. The highest BCUT2D eigenvalue weighted by Gasteiger charge is 2.28. The highest BCUT2D eigenvalue weighted by Crippen LogP contribution is 2.20. The monoisotopic (exact) mass is 704 g/mol. The Balaban J connectivity index is 1.57. The molecular formula is C39H56N6O6. The average Bonchev–Trinajstić information content (AvgIpc) is 3.39. The molecule has 2 aromatic carbocycles. The van der Waals surface area contributed by atoms with Crippen LogP contribution in [0.2, 0.25) is 0 Å². The standard InChI is InChI=1S/C39H56N6O6/c1-29(2)24-31-28-51-34-17-10-9-16-32(34)38(49)42-33(39(50)40-20-13-23-44-21-11-4-5-12-22-44)18-19-36(47)45(25-30-14-7-6-8-15-30)27-37(48)43(3)26-35(46)41-31/h6-10,14-17,29,31,33H,4-5,11-13,18-28H2,1-3H3,(H,40,50)(H,41,46)(H,42,49)/t31-,33-/m0/s1. The highest BCUT2D eigenvalue weighted by molar-refractivity contribution is 5.99. The molecular weight excluding hydrogens is 648 g/mol. The van der Waals surface area contributed by atoms with Crippen molar-refractivity contribution in [3.8, 4) is 5.75 Å². The van der Waals surface area contributed by atoms with Gasteiger partial charge in [0.1, 0.15) is 24.9 Å². The molecule has 0 bridgehead atoms. The van der Waals surface area contributed by atoms with Crippen molar-refractivity contribution in [2.75, 3.05) is 52.9 Å². The third-order valence-electron chi connectivity index (χ3n) is 9.31. The number of hydrogen-bond acceptors (Lipinski definition) is 7. The molecule has 12 nitrogen and oxygen atoms in total. The number of rotatable bonds is 9. The van der Waals surface area contributed by atoms with Crippen LogP contribution in [0.4, 0.5) is 0 Å². The van der Waals surface area contributed by atoms with Gasteiger partial charge in [0, 0.05) is 26.6 Å². The lowest BCUT2D eigenvalue weighted by atomic mass is 10.0. The summed E-state index contributed by atoms with van der Waals surface area (Å²) in [6.45, 7) is 7.37. The first kappa shape index (κ1) is 39.3. The SMILES string of the molecule is CC(C)C[C@H]1COc2ccccc2C(=O)N[C@H](C(=O)NCCCN2CCCCCC2)CCC(=O)N(Cc2ccccc2)CC(=O)N(C)CC(=O)N1. The Morgan fingerprint density at radius 2 is 1.61 bits per heavy atom. The number of carbonyl (C=O) groups excluding carboxylic acids is 5. The van der Waals surface area contributed by atoms with Gasteiger partial charge in [-0.2, -0.15) is 0 Å². The molecule has 0 aliphatic carbocycles. The summed E-state index contributed by atoms with van der Waals surface area (Å²) >= 11 is 0. The quantitative estimate of drug-likeness (QED) is 0.340. The number of likely N-dealkylation sites (N-methyl/N-ethyl adjacent to an activating group) is 1. The van der Waals surface area contributed by atoms with Crippen LogP contribution in [-0.4, -0.2) is 109 Å². The molecule has 2 heterocycles. The molecule has 3 N–H and O–H groups in total.